The van der Waals surface area contributed by atoms with Crippen molar-refractivity contribution in [3.05, 3.63) is 35.4 Å². The average molecular weight is 260 g/mol. The van der Waals surface area contributed by atoms with Crippen LogP contribution in [0.2, 0.25) is 0 Å². The predicted octanol–water partition coefficient (Wildman–Crippen LogP) is 3.42. The van der Waals surface area contributed by atoms with Crippen molar-refractivity contribution in [2.45, 2.75) is 46.2 Å². The maximum absolute atomic E-state index is 3.40. The van der Waals surface area contributed by atoms with Crippen molar-refractivity contribution >= 4 is 0 Å². The summed E-state index contributed by atoms with van der Waals surface area (Å²) >= 11 is 0. The van der Waals surface area contributed by atoms with Gasteiger partial charge in [0, 0.05) is 13.1 Å². The molecule has 1 heterocycles. The van der Waals surface area contributed by atoms with Gasteiger partial charge < -0.3 is 5.32 Å². The molecular formula is C17H28N2. The van der Waals surface area contributed by atoms with E-state index >= 15 is 0 Å². The second-order valence-electron chi connectivity index (χ2n) is 5.91. The van der Waals surface area contributed by atoms with E-state index in [9.17, 15) is 0 Å². The van der Waals surface area contributed by atoms with Crippen LogP contribution in [-0.2, 0) is 13.1 Å². The minimum atomic E-state index is 0.907. The first-order valence-corrected chi connectivity index (χ1v) is 7.79. The Morgan fingerprint density at radius 1 is 1.21 bits per heavy atom. The third-order valence-electron chi connectivity index (χ3n) is 4.09. The van der Waals surface area contributed by atoms with E-state index in [-0.39, 0.29) is 0 Å². The molecule has 0 aliphatic carbocycles. The molecule has 0 bridgehead atoms. The molecule has 0 spiro atoms. The number of likely N-dealkylation sites (tertiary alicyclic amines) is 1. The lowest BCUT2D eigenvalue weighted by atomic mass is 10.0. The number of hydrogen-bond acceptors (Lipinski definition) is 2. The second kappa shape index (κ2) is 7.66. The van der Waals surface area contributed by atoms with Crippen molar-refractivity contribution in [1.82, 2.24) is 10.2 Å². The summed E-state index contributed by atoms with van der Waals surface area (Å²) in [4.78, 5) is 2.62. The SMILES string of the molecule is CCNCc1cccc(CN2CCCC(C)CC2)c1. The summed E-state index contributed by atoms with van der Waals surface area (Å²) in [5, 5.41) is 3.40. The molecule has 0 radical (unpaired) electrons. The molecule has 2 heteroatoms. The number of hydrogen-bond donors (Lipinski definition) is 1. The van der Waals surface area contributed by atoms with Crippen LogP contribution in [0.3, 0.4) is 0 Å². The largest absolute Gasteiger partial charge is 0.313 e. The van der Waals surface area contributed by atoms with Crippen LogP contribution in [0, 0.1) is 5.92 Å². The summed E-state index contributed by atoms with van der Waals surface area (Å²) in [6, 6.07) is 9.04. The Balaban J connectivity index is 1.90. The molecule has 2 nitrogen and oxygen atoms in total. The maximum Gasteiger partial charge on any atom is 0.0233 e. The zero-order valence-corrected chi connectivity index (χ0v) is 12.5. The van der Waals surface area contributed by atoms with Crippen molar-refractivity contribution < 1.29 is 0 Å². The highest BCUT2D eigenvalue weighted by molar-refractivity contribution is 5.23. The van der Waals surface area contributed by atoms with E-state index in [1.54, 1.807) is 0 Å². The molecule has 1 aromatic rings. The summed E-state index contributed by atoms with van der Waals surface area (Å²) < 4.78 is 0. The molecule has 1 aliphatic heterocycles. The predicted molar refractivity (Wildman–Crippen MR) is 82.1 cm³/mol. The maximum atomic E-state index is 3.40. The quantitative estimate of drug-likeness (QED) is 0.872. The number of rotatable bonds is 5. The first-order valence-electron chi connectivity index (χ1n) is 7.79. The molecule has 1 aromatic carbocycles. The van der Waals surface area contributed by atoms with E-state index in [4.69, 9.17) is 0 Å². The van der Waals surface area contributed by atoms with Crippen molar-refractivity contribution in [2.75, 3.05) is 19.6 Å². The van der Waals surface area contributed by atoms with Crippen LogP contribution in [0.5, 0.6) is 0 Å². The minimum Gasteiger partial charge on any atom is -0.313 e. The van der Waals surface area contributed by atoms with Gasteiger partial charge in [0.25, 0.3) is 0 Å². The summed E-state index contributed by atoms with van der Waals surface area (Å²) in [6.07, 6.45) is 4.12. The molecule has 0 amide bonds. The summed E-state index contributed by atoms with van der Waals surface area (Å²) in [5.74, 6) is 0.907. The first kappa shape index (κ1) is 14.5. The topological polar surface area (TPSA) is 15.3 Å². The summed E-state index contributed by atoms with van der Waals surface area (Å²) in [6.45, 7) is 10.2. The minimum absolute atomic E-state index is 0.907. The van der Waals surface area contributed by atoms with Gasteiger partial charge in [-0.15, -0.1) is 0 Å². The van der Waals surface area contributed by atoms with Crippen LogP contribution in [0.4, 0.5) is 0 Å². The van der Waals surface area contributed by atoms with Gasteiger partial charge in [0.1, 0.15) is 0 Å². The highest BCUT2D eigenvalue weighted by atomic mass is 15.1. The fraction of sp³-hybridized carbons (Fsp3) is 0.647. The average Bonchev–Trinajstić information content (AvgIpc) is 2.62. The Morgan fingerprint density at radius 2 is 2.05 bits per heavy atom. The molecule has 0 aromatic heterocycles. The number of benzene rings is 1. The first-order chi connectivity index (χ1) is 9.28. The fourth-order valence-electron chi connectivity index (χ4n) is 2.85. The smallest absolute Gasteiger partial charge is 0.0233 e. The molecule has 1 fully saturated rings. The van der Waals surface area contributed by atoms with Crippen LogP contribution in [0.1, 0.15) is 44.2 Å². The van der Waals surface area contributed by atoms with E-state index in [2.05, 4.69) is 48.3 Å². The van der Waals surface area contributed by atoms with Gasteiger partial charge in [0.05, 0.1) is 0 Å². The van der Waals surface area contributed by atoms with E-state index in [1.165, 1.54) is 43.5 Å². The van der Waals surface area contributed by atoms with Crippen LogP contribution in [0.25, 0.3) is 0 Å². The van der Waals surface area contributed by atoms with Crippen LogP contribution in [0.15, 0.2) is 24.3 Å². The van der Waals surface area contributed by atoms with E-state index < -0.39 is 0 Å². The lowest BCUT2D eigenvalue weighted by Crippen LogP contribution is -2.24. The number of nitrogens with one attached hydrogen (secondary N) is 1. The lowest BCUT2D eigenvalue weighted by molar-refractivity contribution is 0.273. The molecule has 1 N–H and O–H groups in total. The van der Waals surface area contributed by atoms with Gasteiger partial charge in [-0.25, -0.2) is 0 Å². The zero-order chi connectivity index (χ0) is 13.5. The second-order valence-corrected chi connectivity index (χ2v) is 5.91. The Labute approximate surface area is 118 Å². The monoisotopic (exact) mass is 260 g/mol. The molecule has 1 aliphatic rings. The van der Waals surface area contributed by atoms with Gasteiger partial charge >= 0.3 is 0 Å². The van der Waals surface area contributed by atoms with Crippen molar-refractivity contribution in [2.24, 2.45) is 5.92 Å². The fourth-order valence-corrected chi connectivity index (χ4v) is 2.85. The zero-order valence-electron chi connectivity index (χ0n) is 12.5. The molecule has 106 valence electrons. The Kier molecular flexibility index (Phi) is 5.87. The third kappa shape index (κ3) is 4.96. The van der Waals surface area contributed by atoms with Crippen molar-refractivity contribution in [3.63, 3.8) is 0 Å². The highest BCUT2D eigenvalue weighted by Crippen LogP contribution is 2.18. The molecule has 2 rings (SSSR count). The molecule has 19 heavy (non-hydrogen) atoms. The molecule has 0 saturated carbocycles. The third-order valence-corrected chi connectivity index (χ3v) is 4.09. The van der Waals surface area contributed by atoms with Gasteiger partial charge in [0.2, 0.25) is 0 Å². The highest BCUT2D eigenvalue weighted by Gasteiger charge is 2.13. The van der Waals surface area contributed by atoms with Crippen LogP contribution < -0.4 is 5.32 Å². The Bertz CT molecular complexity index is 375. The summed E-state index contributed by atoms with van der Waals surface area (Å²) in [5.41, 5.74) is 2.87. The molecule has 1 atom stereocenters. The number of nitrogens with zero attached hydrogens (tertiary/aromatic N) is 1. The van der Waals surface area contributed by atoms with Crippen LogP contribution >= 0.6 is 0 Å². The molecule has 1 unspecified atom stereocenters. The van der Waals surface area contributed by atoms with Gasteiger partial charge in [0.15, 0.2) is 0 Å². The van der Waals surface area contributed by atoms with Crippen molar-refractivity contribution in [3.8, 4) is 0 Å². The van der Waals surface area contributed by atoms with Crippen LogP contribution in [-0.4, -0.2) is 24.5 Å². The van der Waals surface area contributed by atoms with Gasteiger partial charge in [-0.1, -0.05) is 38.1 Å². The van der Waals surface area contributed by atoms with Gasteiger partial charge in [-0.05, 0) is 55.9 Å². The van der Waals surface area contributed by atoms with Gasteiger partial charge in [-0.2, -0.15) is 0 Å². The van der Waals surface area contributed by atoms with E-state index in [0.717, 1.165) is 25.6 Å². The standard InChI is InChI=1S/C17H28N2/c1-3-18-13-16-7-4-8-17(12-16)14-19-10-5-6-15(2)9-11-19/h4,7-8,12,15,18H,3,5-6,9-11,13-14H2,1-2H3. The van der Waals surface area contributed by atoms with Gasteiger partial charge in [-0.3, -0.25) is 4.90 Å². The Hall–Kier alpha value is -0.860. The van der Waals surface area contributed by atoms with E-state index in [1.807, 2.05) is 0 Å². The normalized spacial score (nSPS) is 21.3. The van der Waals surface area contributed by atoms with Crippen molar-refractivity contribution in [1.29, 1.82) is 0 Å². The Morgan fingerprint density at radius 3 is 2.89 bits per heavy atom. The lowest BCUT2D eigenvalue weighted by Gasteiger charge is -2.20. The molecular weight excluding hydrogens is 232 g/mol. The molecule has 1 saturated heterocycles. The summed E-state index contributed by atoms with van der Waals surface area (Å²) in [7, 11) is 0. The van der Waals surface area contributed by atoms with E-state index in [0.29, 0.717) is 0 Å².